The van der Waals surface area contributed by atoms with Crippen molar-refractivity contribution in [3.63, 3.8) is 0 Å². The summed E-state index contributed by atoms with van der Waals surface area (Å²) in [5.74, 6) is 0.415. The SMILES string of the molecule is C[C@@H]1C(C(=O)N[C@H]2C[C@H]3CC[C@]2(C)C3(C)C)=NN(c2ccc(Cl)cc2Cl)[C@@H]1c1ccc(Cl)cc1. The Bertz CT molecular complexity index is 1160. The number of carbonyl (C=O) groups excluding carboxylic acids is 1. The summed E-state index contributed by atoms with van der Waals surface area (Å²) < 4.78 is 0. The van der Waals surface area contributed by atoms with E-state index < -0.39 is 0 Å². The number of amides is 1. The molecule has 1 heterocycles. The highest BCUT2D eigenvalue weighted by Crippen LogP contribution is 2.65. The number of nitrogens with one attached hydrogen (secondary N) is 1. The lowest BCUT2D eigenvalue weighted by molar-refractivity contribution is -0.116. The largest absolute Gasteiger partial charge is 0.348 e. The van der Waals surface area contributed by atoms with Gasteiger partial charge >= 0.3 is 0 Å². The first-order chi connectivity index (χ1) is 16.0. The van der Waals surface area contributed by atoms with E-state index in [4.69, 9.17) is 39.9 Å². The van der Waals surface area contributed by atoms with Gasteiger partial charge in [0, 0.05) is 22.0 Å². The molecule has 2 aromatic rings. The van der Waals surface area contributed by atoms with Crippen molar-refractivity contribution >= 4 is 52.1 Å². The Morgan fingerprint density at radius 2 is 1.74 bits per heavy atom. The number of carbonyl (C=O) groups is 1. The summed E-state index contributed by atoms with van der Waals surface area (Å²) in [6.07, 6.45) is 3.43. The normalized spacial score (nSPS) is 31.6. The topological polar surface area (TPSA) is 44.7 Å². The second-order valence-electron chi connectivity index (χ2n) is 10.8. The fraction of sp³-hybridized carbons (Fsp3) is 0.481. The monoisotopic (exact) mass is 517 g/mol. The molecule has 34 heavy (non-hydrogen) atoms. The Kier molecular flexibility index (Phi) is 5.94. The van der Waals surface area contributed by atoms with Gasteiger partial charge in [-0.05, 0) is 71.9 Å². The fourth-order valence-corrected chi connectivity index (χ4v) is 7.12. The maximum Gasteiger partial charge on any atom is 0.268 e. The van der Waals surface area contributed by atoms with Crippen molar-refractivity contribution in [3.8, 4) is 0 Å². The quantitative estimate of drug-likeness (QED) is 0.454. The molecule has 2 bridgehead atoms. The number of nitrogens with zero attached hydrogens (tertiary/aromatic N) is 2. The number of rotatable bonds is 4. The molecule has 0 radical (unpaired) electrons. The molecule has 2 aromatic carbocycles. The average Bonchev–Trinajstić information content (AvgIpc) is 3.29. The molecule has 5 rings (SSSR count). The molecule has 0 aromatic heterocycles. The van der Waals surface area contributed by atoms with E-state index in [1.165, 1.54) is 6.42 Å². The number of benzene rings is 2. The number of hydrogen-bond donors (Lipinski definition) is 1. The van der Waals surface area contributed by atoms with E-state index in [0.717, 1.165) is 18.4 Å². The molecule has 180 valence electrons. The second kappa shape index (κ2) is 8.43. The molecular weight excluding hydrogens is 489 g/mol. The maximum atomic E-state index is 13.6. The van der Waals surface area contributed by atoms with Crippen molar-refractivity contribution in [1.82, 2.24) is 5.32 Å². The first kappa shape index (κ1) is 24.0. The number of halogens is 3. The lowest BCUT2D eigenvalue weighted by atomic mass is 9.69. The Balaban J connectivity index is 1.48. The molecule has 3 aliphatic rings. The second-order valence-corrected chi connectivity index (χ2v) is 12.1. The third-order valence-corrected chi connectivity index (χ3v) is 9.87. The molecule has 4 nitrogen and oxygen atoms in total. The Hall–Kier alpha value is -1.75. The highest BCUT2D eigenvalue weighted by Gasteiger charge is 2.61. The summed E-state index contributed by atoms with van der Waals surface area (Å²) in [6, 6.07) is 13.0. The van der Waals surface area contributed by atoms with Crippen LogP contribution in [0.15, 0.2) is 47.6 Å². The zero-order valence-corrected chi connectivity index (χ0v) is 22.2. The lowest BCUT2D eigenvalue weighted by Gasteiger charge is -2.39. The van der Waals surface area contributed by atoms with Crippen molar-refractivity contribution in [1.29, 1.82) is 0 Å². The minimum absolute atomic E-state index is 0.0892. The average molecular weight is 519 g/mol. The Morgan fingerprint density at radius 1 is 1.06 bits per heavy atom. The van der Waals surface area contributed by atoms with Crippen molar-refractivity contribution in [3.05, 3.63) is 63.1 Å². The molecule has 1 aliphatic heterocycles. The van der Waals surface area contributed by atoms with E-state index in [1.54, 1.807) is 12.1 Å². The standard InChI is InChI=1S/C27H30Cl3N3O/c1-15-23(25(34)31-22-13-17-11-12-27(22,4)26(17,2)3)32-33(21-10-9-19(29)14-20(21)30)24(15)16-5-7-18(28)8-6-16/h5-10,14-15,17,22,24H,11-13H2,1-4H3,(H,31,34)/t15-,17-,22+,24+,27+/m1/s1. The molecule has 0 unspecified atom stereocenters. The molecule has 1 N–H and O–H groups in total. The van der Waals surface area contributed by atoms with E-state index in [9.17, 15) is 4.79 Å². The van der Waals surface area contributed by atoms with E-state index in [1.807, 2.05) is 42.3 Å². The van der Waals surface area contributed by atoms with Crippen molar-refractivity contribution < 1.29 is 4.79 Å². The van der Waals surface area contributed by atoms with E-state index in [0.29, 0.717) is 32.4 Å². The van der Waals surface area contributed by atoms with E-state index in [-0.39, 0.29) is 34.7 Å². The van der Waals surface area contributed by atoms with Crippen LogP contribution in [0, 0.1) is 22.7 Å². The number of fused-ring (bicyclic) bond motifs is 2. The molecule has 2 fully saturated rings. The van der Waals surface area contributed by atoms with Gasteiger partial charge in [-0.3, -0.25) is 9.80 Å². The molecule has 0 spiro atoms. The third kappa shape index (κ3) is 3.65. The predicted molar refractivity (Wildman–Crippen MR) is 141 cm³/mol. The van der Waals surface area contributed by atoms with Crippen LogP contribution in [-0.2, 0) is 4.79 Å². The molecule has 0 saturated heterocycles. The van der Waals surface area contributed by atoms with Gasteiger partial charge in [0.15, 0.2) is 0 Å². The first-order valence-electron chi connectivity index (χ1n) is 11.9. The number of anilines is 1. The number of hydrogen-bond acceptors (Lipinski definition) is 3. The minimum atomic E-state index is -0.191. The molecule has 2 aliphatic carbocycles. The summed E-state index contributed by atoms with van der Waals surface area (Å²) in [4.78, 5) is 13.6. The molecule has 7 heteroatoms. The zero-order chi connectivity index (χ0) is 24.4. The third-order valence-electron chi connectivity index (χ3n) is 9.08. The van der Waals surface area contributed by atoms with Crippen LogP contribution in [0.25, 0.3) is 0 Å². The van der Waals surface area contributed by atoms with Crippen LogP contribution < -0.4 is 10.3 Å². The van der Waals surface area contributed by atoms with Crippen LogP contribution in [0.3, 0.4) is 0 Å². The van der Waals surface area contributed by atoms with E-state index >= 15 is 0 Å². The molecule has 5 atom stereocenters. The maximum absolute atomic E-state index is 13.6. The molecule has 1 amide bonds. The van der Waals surface area contributed by atoms with E-state index in [2.05, 4.69) is 26.1 Å². The Labute approximate surface area is 216 Å². The number of hydrazone groups is 1. The molecular formula is C27H30Cl3N3O. The van der Waals surface area contributed by atoms with Gasteiger partial charge < -0.3 is 5.32 Å². The van der Waals surface area contributed by atoms with Crippen LogP contribution in [-0.4, -0.2) is 17.7 Å². The zero-order valence-electron chi connectivity index (χ0n) is 19.9. The Morgan fingerprint density at radius 3 is 2.32 bits per heavy atom. The predicted octanol–water partition coefficient (Wildman–Crippen LogP) is 7.53. The van der Waals surface area contributed by atoms with Gasteiger partial charge in [0.25, 0.3) is 5.91 Å². The van der Waals surface area contributed by atoms with Crippen LogP contribution in [0.4, 0.5) is 5.69 Å². The van der Waals surface area contributed by atoms with Crippen molar-refractivity contribution in [2.45, 2.75) is 59.0 Å². The smallest absolute Gasteiger partial charge is 0.268 e. The highest BCUT2D eigenvalue weighted by atomic mass is 35.5. The summed E-state index contributed by atoms with van der Waals surface area (Å²) >= 11 is 18.9. The van der Waals surface area contributed by atoms with Gasteiger partial charge in [0.2, 0.25) is 0 Å². The van der Waals surface area contributed by atoms with Crippen LogP contribution >= 0.6 is 34.8 Å². The minimum Gasteiger partial charge on any atom is -0.348 e. The van der Waals surface area contributed by atoms with Crippen LogP contribution in [0.5, 0.6) is 0 Å². The summed E-state index contributed by atoms with van der Waals surface area (Å²) in [7, 11) is 0. The fourth-order valence-electron chi connectivity index (χ4n) is 6.50. The van der Waals surface area contributed by atoms with Gasteiger partial charge in [-0.2, -0.15) is 5.10 Å². The van der Waals surface area contributed by atoms with Gasteiger partial charge in [0.1, 0.15) is 5.71 Å². The summed E-state index contributed by atoms with van der Waals surface area (Å²) in [5, 5.41) is 11.8. The first-order valence-corrected chi connectivity index (χ1v) is 13.1. The van der Waals surface area contributed by atoms with Gasteiger partial charge in [-0.25, -0.2) is 0 Å². The molecule has 2 saturated carbocycles. The van der Waals surface area contributed by atoms with Crippen molar-refractivity contribution in [2.75, 3.05) is 5.01 Å². The van der Waals surface area contributed by atoms with Crippen LogP contribution in [0.2, 0.25) is 15.1 Å². The van der Waals surface area contributed by atoms with Gasteiger partial charge in [0.05, 0.1) is 16.8 Å². The lowest BCUT2D eigenvalue weighted by Crippen LogP contribution is -2.49. The van der Waals surface area contributed by atoms with Gasteiger partial charge in [-0.1, -0.05) is 74.6 Å². The van der Waals surface area contributed by atoms with Gasteiger partial charge in [-0.15, -0.1) is 0 Å². The summed E-state index contributed by atoms with van der Waals surface area (Å²) in [5.41, 5.74) is 2.58. The summed E-state index contributed by atoms with van der Waals surface area (Å²) in [6.45, 7) is 9.09. The van der Waals surface area contributed by atoms with Crippen LogP contribution in [0.1, 0.15) is 58.6 Å². The highest BCUT2D eigenvalue weighted by molar-refractivity contribution is 6.41. The van der Waals surface area contributed by atoms with Crippen molar-refractivity contribution in [2.24, 2.45) is 27.8 Å².